The number of hydrogen-bond acceptors (Lipinski definition) is 6. The second-order valence-corrected chi connectivity index (χ2v) is 3.35. The number of esters is 3. The first kappa shape index (κ1) is 15.2. The lowest BCUT2D eigenvalue weighted by Crippen LogP contribution is -2.16. The minimum absolute atomic E-state index is 0.00514. The Labute approximate surface area is 99.5 Å². The molecule has 0 aromatic heterocycles. The third kappa shape index (κ3) is 8.01. The molecule has 0 saturated carbocycles. The highest BCUT2D eigenvalue weighted by Gasteiger charge is 2.07. The molecule has 6 heteroatoms. The van der Waals surface area contributed by atoms with Crippen LogP contribution in [-0.4, -0.2) is 38.2 Å². The maximum Gasteiger partial charge on any atom is 0.331 e. The van der Waals surface area contributed by atoms with Crippen LogP contribution in [0.4, 0.5) is 0 Å². The van der Waals surface area contributed by atoms with Crippen molar-refractivity contribution in [3.8, 4) is 0 Å². The van der Waals surface area contributed by atoms with E-state index in [1.165, 1.54) is 7.11 Å². The molecule has 96 valence electrons. The molecule has 6 nitrogen and oxygen atoms in total. The average Bonchev–Trinajstić information content (AvgIpc) is 2.30. The molecule has 0 amide bonds. The van der Waals surface area contributed by atoms with Crippen molar-refractivity contribution in [3.05, 3.63) is 12.2 Å². The zero-order valence-corrected chi connectivity index (χ0v) is 10.1. The first-order valence-corrected chi connectivity index (χ1v) is 5.06. The molecule has 0 aliphatic heterocycles. The number of methoxy groups -OCH3 is 1. The van der Waals surface area contributed by atoms with E-state index in [2.05, 4.69) is 9.47 Å². The predicted octanol–water partition coefficient (Wildman–Crippen LogP) is 0.458. The Morgan fingerprint density at radius 1 is 1.00 bits per heavy atom. The number of rotatable bonds is 6. The van der Waals surface area contributed by atoms with Crippen molar-refractivity contribution in [1.29, 1.82) is 0 Å². The van der Waals surface area contributed by atoms with Crippen LogP contribution >= 0.6 is 0 Å². The van der Waals surface area contributed by atoms with Crippen molar-refractivity contribution in [3.63, 3.8) is 0 Å². The van der Waals surface area contributed by atoms with Gasteiger partial charge in [-0.25, -0.2) is 9.59 Å². The van der Waals surface area contributed by atoms with Gasteiger partial charge in [0, 0.05) is 12.2 Å². The Hall–Kier alpha value is -1.85. The second-order valence-electron chi connectivity index (χ2n) is 3.35. The Balaban J connectivity index is 3.69. The highest BCUT2D eigenvalue weighted by atomic mass is 16.6. The van der Waals surface area contributed by atoms with E-state index in [-0.39, 0.29) is 25.1 Å². The molecule has 0 aliphatic carbocycles. The third-order valence-corrected chi connectivity index (χ3v) is 1.60. The molecule has 0 rings (SSSR count). The SMILES string of the molecule is COC(=O)/C=C/C(=O)OCCOC(=O)C(C)C. The van der Waals surface area contributed by atoms with Crippen LogP contribution in [0.5, 0.6) is 0 Å². The van der Waals surface area contributed by atoms with Gasteiger partial charge in [0.05, 0.1) is 13.0 Å². The standard InChI is InChI=1S/C11H16O6/c1-8(2)11(14)17-7-6-16-10(13)5-4-9(12)15-3/h4-5,8H,6-7H2,1-3H3/b5-4+. The summed E-state index contributed by atoms with van der Waals surface area (Å²) in [6, 6.07) is 0. The van der Waals surface area contributed by atoms with Gasteiger partial charge in [-0.15, -0.1) is 0 Å². The van der Waals surface area contributed by atoms with Gasteiger partial charge in [-0.2, -0.15) is 0 Å². The smallest absolute Gasteiger partial charge is 0.331 e. The van der Waals surface area contributed by atoms with Crippen LogP contribution in [-0.2, 0) is 28.6 Å². The lowest BCUT2D eigenvalue weighted by atomic mass is 10.2. The van der Waals surface area contributed by atoms with E-state index in [1.807, 2.05) is 0 Å². The highest BCUT2D eigenvalue weighted by molar-refractivity contribution is 5.91. The van der Waals surface area contributed by atoms with Crippen LogP contribution in [0, 0.1) is 5.92 Å². The maximum atomic E-state index is 11.0. The van der Waals surface area contributed by atoms with Crippen molar-refractivity contribution in [2.24, 2.45) is 5.92 Å². The van der Waals surface area contributed by atoms with Gasteiger partial charge in [-0.3, -0.25) is 4.79 Å². The molecule has 0 aromatic carbocycles. The van der Waals surface area contributed by atoms with Gasteiger partial charge in [0.2, 0.25) is 0 Å². The van der Waals surface area contributed by atoms with E-state index in [0.29, 0.717) is 0 Å². The first-order valence-electron chi connectivity index (χ1n) is 5.06. The number of carbonyl (C=O) groups excluding carboxylic acids is 3. The van der Waals surface area contributed by atoms with Crippen LogP contribution in [0.2, 0.25) is 0 Å². The summed E-state index contributed by atoms with van der Waals surface area (Å²) in [5.41, 5.74) is 0. The molecular formula is C11H16O6. The van der Waals surface area contributed by atoms with Crippen molar-refractivity contribution in [2.75, 3.05) is 20.3 Å². The lowest BCUT2D eigenvalue weighted by Gasteiger charge is -2.06. The molecule has 0 aromatic rings. The van der Waals surface area contributed by atoms with Gasteiger partial charge >= 0.3 is 17.9 Å². The molecule has 0 fully saturated rings. The fourth-order valence-electron chi connectivity index (χ4n) is 0.703. The van der Waals surface area contributed by atoms with Gasteiger partial charge in [0.25, 0.3) is 0 Å². The van der Waals surface area contributed by atoms with Crippen LogP contribution in [0.15, 0.2) is 12.2 Å². The molecule has 0 atom stereocenters. The highest BCUT2D eigenvalue weighted by Crippen LogP contribution is 1.95. The summed E-state index contributed by atoms with van der Waals surface area (Å²) in [6.45, 7) is 3.35. The number of carbonyl (C=O) groups is 3. The van der Waals surface area contributed by atoms with E-state index in [4.69, 9.17) is 4.74 Å². The van der Waals surface area contributed by atoms with E-state index in [0.717, 1.165) is 12.2 Å². The molecule has 0 saturated heterocycles. The van der Waals surface area contributed by atoms with Crippen molar-refractivity contribution in [2.45, 2.75) is 13.8 Å². The van der Waals surface area contributed by atoms with Crippen LogP contribution in [0.25, 0.3) is 0 Å². The third-order valence-electron chi connectivity index (χ3n) is 1.60. The normalized spacial score (nSPS) is 10.4. The molecule has 0 aliphatic rings. The van der Waals surface area contributed by atoms with E-state index in [9.17, 15) is 14.4 Å². The Morgan fingerprint density at radius 3 is 2.06 bits per heavy atom. The Morgan fingerprint density at radius 2 is 1.53 bits per heavy atom. The van der Waals surface area contributed by atoms with Gasteiger partial charge in [-0.05, 0) is 0 Å². The fourth-order valence-corrected chi connectivity index (χ4v) is 0.703. The van der Waals surface area contributed by atoms with E-state index in [1.54, 1.807) is 13.8 Å². The summed E-state index contributed by atoms with van der Waals surface area (Å²) < 4.78 is 13.7. The number of hydrogen-bond donors (Lipinski definition) is 0. The molecular weight excluding hydrogens is 228 g/mol. The van der Waals surface area contributed by atoms with Gasteiger partial charge in [-0.1, -0.05) is 13.8 Å². The Kier molecular flexibility index (Phi) is 7.41. The molecule has 0 spiro atoms. The summed E-state index contributed by atoms with van der Waals surface area (Å²) in [7, 11) is 1.20. The average molecular weight is 244 g/mol. The van der Waals surface area contributed by atoms with E-state index >= 15 is 0 Å². The summed E-state index contributed by atoms with van der Waals surface area (Å²) in [6.07, 6.45) is 1.89. The summed E-state index contributed by atoms with van der Waals surface area (Å²) in [4.78, 5) is 32.6. The van der Waals surface area contributed by atoms with Crippen molar-refractivity contribution in [1.82, 2.24) is 0 Å². The quantitative estimate of drug-likeness (QED) is 0.292. The van der Waals surface area contributed by atoms with Gasteiger partial charge in [0.15, 0.2) is 0 Å². The molecule has 17 heavy (non-hydrogen) atoms. The topological polar surface area (TPSA) is 78.9 Å². The summed E-state index contributed by atoms with van der Waals surface area (Å²) in [5.74, 6) is -1.92. The monoisotopic (exact) mass is 244 g/mol. The zero-order valence-electron chi connectivity index (χ0n) is 10.1. The molecule has 0 N–H and O–H groups in total. The van der Waals surface area contributed by atoms with Gasteiger partial charge in [0.1, 0.15) is 13.2 Å². The lowest BCUT2D eigenvalue weighted by molar-refractivity contribution is -0.152. The van der Waals surface area contributed by atoms with Crippen molar-refractivity contribution >= 4 is 17.9 Å². The molecule has 0 heterocycles. The second kappa shape index (κ2) is 8.32. The fraction of sp³-hybridized carbons (Fsp3) is 0.545. The predicted molar refractivity (Wildman–Crippen MR) is 57.9 cm³/mol. The minimum atomic E-state index is -0.698. The number of ether oxygens (including phenoxy) is 3. The van der Waals surface area contributed by atoms with Crippen LogP contribution in [0.3, 0.4) is 0 Å². The van der Waals surface area contributed by atoms with Crippen LogP contribution < -0.4 is 0 Å². The minimum Gasteiger partial charge on any atom is -0.466 e. The van der Waals surface area contributed by atoms with Crippen LogP contribution in [0.1, 0.15) is 13.8 Å². The maximum absolute atomic E-state index is 11.0. The first-order chi connectivity index (χ1) is 7.97. The molecule has 0 unspecified atom stereocenters. The largest absolute Gasteiger partial charge is 0.466 e. The molecule has 0 bridgehead atoms. The summed E-state index contributed by atoms with van der Waals surface area (Å²) in [5, 5.41) is 0. The Bertz CT molecular complexity index is 305. The van der Waals surface area contributed by atoms with Crippen molar-refractivity contribution < 1.29 is 28.6 Å². The molecule has 0 radical (unpaired) electrons. The van der Waals surface area contributed by atoms with E-state index < -0.39 is 11.9 Å². The van der Waals surface area contributed by atoms with Gasteiger partial charge < -0.3 is 14.2 Å². The summed E-state index contributed by atoms with van der Waals surface area (Å²) >= 11 is 0. The zero-order chi connectivity index (χ0) is 13.3.